The molecule has 0 aliphatic heterocycles. The summed E-state index contributed by atoms with van der Waals surface area (Å²) >= 11 is 0. The van der Waals surface area contributed by atoms with Crippen molar-refractivity contribution in [2.75, 3.05) is 7.11 Å². The van der Waals surface area contributed by atoms with Crippen molar-refractivity contribution < 1.29 is 14.6 Å². The number of aromatic hydroxyl groups is 1. The van der Waals surface area contributed by atoms with Gasteiger partial charge in [-0.2, -0.15) is 0 Å². The van der Waals surface area contributed by atoms with Crippen molar-refractivity contribution in [1.29, 1.82) is 0 Å². The molecule has 0 aliphatic carbocycles. The van der Waals surface area contributed by atoms with E-state index < -0.39 is 0 Å². The topological polar surface area (TPSA) is 46.5 Å². The van der Waals surface area contributed by atoms with Gasteiger partial charge in [0.1, 0.15) is 0 Å². The van der Waals surface area contributed by atoms with Gasteiger partial charge in [0.25, 0.3) is 0 Å². The van der Waals surface area contributed by atoms with Gasteiger partial charge in [-0.05, 0) is 24.3 Å². The third kappa shape index (κ3) is 1.87. The first-order valence-electron chi connectivity index (χ1n) is 3.73. The highest BCUT2D eigenvalue weighted by atomic mass is 16.5. The molecule has 0 bridgehead atoms. The van der Waals surface area contributed by atoms with Crippen LogP contribution in [0, 0.1) is 0 Å². The molecule has 0 fully saturated rings. The van der Waals surface area contributed by atoms with Crippen LogP contribution in [0.3, 0.4) is 0 Å². The molecule has 1 rings (SSSR count). The number of rotatable bonds is 3. The minimum atomic E-state index is -0.224. The van der Waals surface area contributed by atoms with E-state index in [1.54, 1.807) is 6.07 Å². The first-order valence-corrected chi connectivity index (χ1v) is 3.73. The first kappa shape index (κ1) is 9.32. The van der Waals surface area contributed by atoms with Crippen LogP contribution in [-0.4, -0.2) is 18.0 Å². The van der Waals surface area contributed by atoms with Crippen LogP contribution in [0.25, 0.3) is 0 Å². The summed E-state index contributed by atoms with van der Waals surface area (Å²) in [5.41, 5.74) is 0.397. The first-order chi connectivity index (χ1) is 6.19. The van der Waals surface area contributed by atoms with Crippen LogP contribution < -0.4 is 4.74 Å². The van der Waals surface area contributed by atoms with Gasteiger partial charge < -0.3 is 9.84 Å². The lowest BCUT2D eigenvalue weighted by atomic mass is 10.1. The zero-order valence-corrected chi connectivity index (χ0v) is 7.28. The van der Waals surface area contributed by atoms with E-state index in [2.05, 4.69) is 6.58 Å². The Bertz CT molecular complexity index is 342. The molecule has 0 atom stereocenters. The van der Waals surface area contributed by atoms with Gasteiger partial charge in [0, 0.05) is 5.56 Å². The second kappa shape index (κ2) is 3.76. The van der Waals surface area contributed by atoms with E-state index in [-0.39, 0.29) is 11.5 Å². The average molecular weight is 178 g/mol. The fraction of sp³-hybridized carbons (Fsp3) is 0.100. The molecule has 0 spiro atoms. The standard InChI is InChI=1S/C10H10O3/c1-3-8(11)7-4-5-10(13-2)9(12)6-7/h3-6,12H,1H2,2H3. The minimum Gasteiger partial charge on any atom is -0.504 e. The zero-order chi connectivity index (χ0) is 9.84. The number of methoxy groups -OCH3 is 1. The van der Waals surface area contributed by atoms with Crippen molar-refractivity contribution in [3.8, 4) is 11.5 Å². The normalized spacial score (nSPS) is 9.31. The van der Waals surface area contributed by atoms with Crippen LogP contribution in [-0.2, 0) is 0 Å². The number of ether oxygens (including phenoxy) is 1. The number of benzene rings is 1. The second-order valence-electron chi connectivity index (χ2n) is 2.46. The number of hydrogen-bond acceptors (Lipinski definition) is 3. The quantitative estimate of drug-likeness (QED) is 0.566. The van der Waals surface area contributed by atoms with E-state index in [9.17, 15) is 9.90 Å². The molecular weight excluding hydrogens is 168 g/mol. The number of hydrogen-bond donors (Lipinski definition) is 1. The highest BCUT2D eigenvalue weighted by Crippen LogP contribution is 2.26. The second-order valence-corrected chi connectivity index (χ2v) is 2.46. The molecule has 0 heterocycles. The molecule has 0 radical (unpaired) electrons. The molecule has 1 N–H and O–H groups in total. The largest absolute Gasteiger partial charge is 0.504 e. The fourth-order valence-electron chi connectivity index (χ4n) is 0.961. The molecule has 13 heavy (non-hydrogen) atoms. The molecule has 3 heteroatoms. The molecular formula is C10H10O3. The lowest BCUT2D eigenvalue weighted by Crippen LogP contribution is -1.93. The van der Waals surface area contributed by atoms with Gasteiger partial charge in [0.15, 0.2) is 17.3 Å². The summed E-state index contributed by atoms with van der Waals surface area (Å²) < 4.78 is 4.83. The number of phenolic OH excluding ortho intramolecular Hbond substituents is 1. The van der Waals surface area contributed by atoms with E-state index in [0.29, 0.717) is 11.3 Å². The molecule has 1 aromatic carbocycles. The predicted octanol–water partition coefficient (Wildman–Crippen LogP) is 1.77. The van der Waals surface area contributed by atoms with E-state index in [4.69, 9.17) is 4.74 Å². The van der Waals surface area contributed by atoms with Crippen LogP contribution >= 0.6 is 0 Å². The Morgan fingerprint density at radius 3 is 2.77 bits per heavy atom. The van der Waals surface area contributed by atoms with Crippen molar-refractivity contribution in [3.05, 3.63) is 36.4 Å². The lowest BCUT2D eigenvalue weighted by Gasteiger charge is -2.03. The Kier molecular flexibility index (Phi) is 2.69. The fourth-order valence-corrected chi connectivity index (χ4v) is 0.961. The van der Waals surface area contributed by atoms with Gasteiger partial charge in [-0.3, -0.25) is 4.79 Å². The minimum absolute atomic E-state index is 0.0461. The maximum atomic E-state index is 11.1. The summed E-state index contributed by atoms with van der Waals surface area (Å²) in [7, 11) is 1.45. The molecule has 0 aromatic heterocycles. The Labute approximate surface area is 76.3 Å². The highest BCUT2D eigenvalue weighted by Gasteiger charge is 2.05. The molecule has 0 unspecified atom stereocenters. The number of phenols is 1. The van der Waals surface area contributed by atoms with Crippen LogP contribution in [0.5, 0.6) is 11.5 Å². The lowest BCUT2D eigenvalue weighted by molar-refractivity contribution is 0.104. The van der Waals surface area contributed by atoms with Gasteiger partial charge in [0.2, 0.25) is 0 Å². The zero-order valence-electron chi connectivity index (χ0n) is 7.28. The Hall–Kier alpha value is -1.77. The van der Waals surface area contributed by atoms with Crippen molar-refractivity contribution >= 4 is 5.78 Å². The van der Waals surface area contributed by atoms with E-state index in [1.165, 1.54) is 25.3 Å². The monoisotopic (exact) mass is 178 g/mol. The van der Waals surface area contributed by atoms with Gasteiger partial charge in [-0.25, -0.2) is 0 Å². The molecule has 68 valence electrons. The number of allylic oxidation sites excluding steroid dienone is 1. The SMILES string of the molecule is C=CC(=O)c1ccc(OC)c(O)c1. The van der Waals surface area contributed by atoms with Gasteiger partial charge in [0.05, 0.1) is 7.11 Å². The summed E-state index contributed by atoms with van der Waals surface area (Å²) in [6.07, 6.45) is 1.20. The Morgan fingerprint density at radius 1 is 1.62 bits per heavy atom. The average Bonchev–Trinajstić information content (AvgIpc) is 2.16. The van der Waals surface area contributed by atoms with E-state index in [1.807, 2.05) is 0 Å². The number of carbonyl (C=O) groups excluding carboxylic acids is 1. The Balaban J connectivity index is 3.09. The smallest absolute Gasteiger partial charge is 0.185 e. The van der Waals surface area contributed by atoms with Crippen molar-refractivity contribution in [2.24, 2.45) is 0 Å². The van der Waals surface area contributed by atoms with Gasteiger partial charge >= 0.3 is 0 Å². The van der Waals surface area contributed by atoms with Crippen LogP contribution in [0.4, 0.5) is 0 Å². The molecule has 0 saturated carbocycles. The highest BCUT2D eigenvalue weighted by molar-refractivity contribution is 6.04. The van der Waals surface area contributed by atoms with Crippen LogP contribution in [0.1, 0.15) is 10.4 Å². The molecule has 0 aliphatic rings. The summed E-state index contributed by atoms with van der Waals surface area (Å²) in [4.78, 5) is 11.1. The van der Waals surface area contributed by atoms with Crippen LogP contribution in [0.15, 0.2) is 30.9 Å². The van der Waals surface area contributed by atoms with Crippen molar-refractivity contribution in [3.63, 3.8) is 0 Å². The third-order valence-electron chi connectivity index (χ3n) is 1.65. The molecule has 0 amide bonds. The Morgan fingerprint density at radius 2 is 2.31 bits per heavy atom. The summed E-state index contributed by atoms with van der Waals surface area (Å²) in [6.45, 7) is 3.35. The van der Waals surface area contributed by atoms with Gasteiger partial charge in [-0.1, -0.05) is 6.58 Å². The van der Waals surface area contributed by atoms with E-state index in [0.717, 1.165) is 0 Å². The summed E-state index contributed by atoms with van der Waals surface area (Å²) in [6, 6.07) is 4.46. The molecule has 1 aromatic rings. The number of carbonyl (C=O) groups is 1. The van der Waals surface area contributed by atoms with Gasteiger partial charge in [-0.15, -0.1) is 0 Å². The predicted molar refractivity (Wildman–Crippen MR) is 49.2 cm³/mol. The summed E-state index contributed by atoms with van der Waals surface area (Å²) in [5, 5.41) is 9.32. The molecule has 0 saturated heterocycles. The molecule has 3 nitrogen and oxygen atoms in total. The van der Waals surface area contributed by atoms with Crippen LogP contribution in [0.2, 0.25) is 0 Å². The van der Waals surface area contributed by atoms with Crippen molar-refractivity contribution in [2.45, 2.75) is 0 Å². The van der Waals surface area contributed by atoms with Crippen molar-refractivity contribution in [1.82, 2.24) is 0 Å². The summed E-state index contributed by atoms with van der Waals surface area (Å²) in [5.74, 6) is 0.0776. The maximum absolute atomic E-state index is 11.1. The third-order valence-corrected chi connectivity index (χ3v) is 1.65. The van der Waals surface area contributed by atoms with E-state index >= 15 is 0 Å². The maximum Gasteiger partial charge on any atom is 0.185 e. The number of ketones is 1.